The number of aromatic nitrogens is 4. The summed E-state index contributed by atoms with van der Waals surface area (Å²) in [6.45, 7) is 7.27. The number of nitrogens with zero attached hydrogens (tertiary/aromatic N) is 4. The highest BCUT2D eigenvalue weighted by Crippen LogP contribution is 2.38. The third-order valence-electron chi connectivity index (χ3n) is 5.01. The van der Waals surface area contributed by atoms with Crippen LogP contribution in [0.5, 0.6) is 0 Å². The Kier molecular flexibility index (Phi) is 3.91. The Morgan fingerprint density at radius 3 is 2.57 bits per heavy atom. The second-order valence-electron chi connectivity index (χ2n) is 6.29. The normalized spacial score (nSPS) is 18.4. The van der Waals surface area contributed by atoms with Crippen molar-refractivity contribution in [3.63, 3.8) is 0 Å². The van der Waals surface area contributed by atoms with Gasteiger partial charge in [-0.2, -0.15) is 5.10 Å². The van der Waals surface area contributed by atoms with Crippen LogP contribution in [-0.4, -0.2) is 19.3 Å². The molecule has 116 valence electrons. The number of aryl methyl sites for hydroxylation is 2. The van der Waals surface area contributed by atoms with Crippen molar-refractivity contribution >= 4 is 17.1 Å². The molecule has 0 saturated heterocycles. The fraction of sp³-hybridized carbons (Fsp3) is 0.750. The van der Waals surface area contributed by atoms with Crippen LogP contribution in [0.2, 0.25) is 0 Å². The molecule has 0 radical (unpaired) electrons. The first-order valence-corrected chi connectivity index (χ1v) is 8.38. The lowest BCUT2D eigenvalue weighted by Crippen LogP contribution is -2.23. The number of anilines is 1. The Morgan fingerprint density at radius 1 is 1.24 bits per heavy atom. The fourth-order valence-electron chi connectivity index (χ4n) is 4.00. The van der Waals surface area contributed by atoms with E-state index in [9.17, 15) is 0 Å². The first-order valence-electron chi connectivity index (χ1n) is 8.38. The van der Waals surface area contributed by atoms with Gasteiger partial charge in [0.25, 0.3) is 0 Å². The summed E-state index contributed by atoms with van der Waals surface area (Å²) >= 11 is 0. The van der Waals surface area contributed by atoms with Gasteiger partial charge in [-0.25, -0.2) is 9.67 Å². The predicted octanol–water partition coefficient (Wildman–Crippen LogP) is 3.67. The van der Waals surface area contributed by atoms with Crippen molar-refractivity contribution in [2.45, 2.75) is 71.9 Å². The van der Waals surface area contributed by atoms with Crippen molar-refractivity contribution in [3.8, 4) is 0 Å². The molecule has 21 heavy (non-hydrogen) atoms. The number of fused-ring (bicyclic) bond motifs is 1. The zero-order chi connectivity index (χ0) is 15.0. The molecule has 2 N–H and O–H groups in total. The Bertz CT molecular complexity index is 618. The molecule has 0 aliphatic heterocycles. The number of nitrogen functional groups attached to an aromatic ring is 1. The number of nitrogens with two attached hydrogens (primary N) is 1. The van der Waals surface area contributed by atoms with Crippen molar-refractivity contribution in [1.29, 1.82) is 0 Å². The van der Waals surface area contributed by atoms with Crippen molar-refractivity contribution in [3.05, 3.63) is 5.69 Å². The molecule has 3 rings (SSSR count). The number of hydrogen-bond acceptors (Lipinski definition) is 3. The highest BCUT2D eigenvalue weighted by Gasteiger charge is 2.28. The lowest BCUT2D eigenvalue weighted by Gasteiger charge is -2.31. The summed E-state index contributed by atoms with van der Waals surface area (Å²) in [4.78, 5) is 4.60. The first kappa shape index (κ1) is 14.4. The van der Waals surface area contributed by atoms with Gasteiger partial charge in [-0.3, -0.25) is 4.57 Å². The third kappa shape index (κ3) is 2.32. The molecule has 2 aromatic heterocycles. The maximum absolute atomic E-state index is 6.28. The minimum Gasteiger partial charge on any atom is -0.369 e. The number of hydrogen-bond donors (Lipinski definition) is 1. The average molecular weight is 289 g/mol. The van der Waals surface area contributed by atoms with Crippen LogP contribution in [0, 0.1) is 12.8 Å². The van der Waals surface area contributed by atoms with Crippen LogP contribution in [0.1, 0.15) is 64.1 Å². The molecule has 1 aliphatic rings. The molecule has 1 saturated carbocycles. The van der Waals surface area contributed by atoms with Gasteiger partial charge in [-0.05, 0) is 39.0 Å². The second-order valence-corrected chi connectivity index (χ2v) is 6.29. The van der Waals surface area contributed by atoms with Crippen LogP contribution in [0.15, 0.2) is 0 Å². The zero-order valence-electron chi connectivity index (χ0n) is 13.5. The minimum atomic E-state index is 0.455. The maximum Gasteiger partial charge on any atom is 0.202 e. The highest BCUT2D eigenvalue weighted by atomic mass is 15.4. The van der Waals surface area contributed by atoms with Crippen LogP contribution in [-0.2, 0) is 6.54 Å². The molecular weight excluding hydrogens is 262 g/mol. The van der Waals surface area contributed by atoms with E-state index in [0.717, 1.165) is 35.7 Å². The smallest absolute Gasteiger partial charge is 0.202 e. The van der Waals surface area contributed by atoms with Gasteiger partial charge < -0.3 is 5.73 Å². The Hall–Kier alpha value is -1.52. The summed E-state index contributed by atoms with van der Waals surface area (Å²) in [7, 11) is 0. The summed E-state index contributed by atoms with van der Waals surface area (Å²) in [5.74, 6) is 1.38. The van der Waals surface area contributed by atoms with E-state index in [2.05, 4.69) is 33.2 Å². The van der Waals surface area contributed by atoms with Crippen molar-refractivity contribution < 1.29 is 0 Å². The molecule has 0 bridgehead atoms. The maximum atomic E-state index is 6.28. The lowest BCUT2D eigenvalue weighted by molar-refractivity contribution is 0.247. The Balaban J connectivity index is 2.10. The quantitative estimate of drug-likeness (QED) is 0.934. The van der Waals surface area contributed by atoms with Gasteiger partial charge in [0.05, 0.1) is 5.69 Å². The van der Waals surface area contributed by atoms with Crippen LogP contribution in [0.25, 0.3) is 11.2 Å². The van der Waals surface area contributed by atoms with E-state index in [1.54, 1.807) is 0 Å². The number of rotatable bonds is 4. The van der Waals surface area contributed by atoms with Crippen LogP contribution in [0.3, 0.4) is 0 Å². The van der Waals surface area contributed by atoms with Gasteiger partial charge in [-0.15, -0.1) is 0 Å². The van der Waals surface area contributed by atoms with E-state index in [4.69, 9.17) is 5.73 Å². The average Bonchev–Trinajstić information content (AvgIpc) is 2.99. The fourth-order valence-corrected chi connectivity index (χ4v) is 4.00. The summed E-state index contributed by atoms with van der Waals surface area (Å²) in [5.41, 5.74) is 9.36. The molecule has 2 heterocycles. The van der Waals surface area contributed by atoms with E-state index in [1.165, 1.54) is 32.1 Å². The summed E-state index contributed by atoms with van der Waals surface area (Å²) in [5, 5.41) is 4.61. The molecule has 2 aromatic rings. The molecule has 1 atom stereocenters. The topological polar surface area (TPSA) is 61.7 Å². The number of imidazole rings is 1. The third-order valence-corrected chi connectivity index (χ3v) is 5.01. The summed E-state index contributed by atoms with van der Waals surface area (Å²) in [6, 6.07) is 0.455. The molecule has 0 aromatic carbocycles. The lowest BCUT2D eigenvalue weighted by atomic mass is 9.83. The van der Waals surface area contributed by atoms with E-state index in [-0.39, 0.29) is 0 Å². The van der Waals surface area contributed by atoms with Crippen LogP contribution in [0.4, 0.5) is 5.95 Å². The minimum absolute atomic E-state index is 0.455. The molecule has 0 amide bonds. The molecule has 5 heteroatoms. The van der Waals surface area contributed by atoms with Gasteiger partial charge >= 0.3 is 0 Å². The zero-order valence-corrected chi connectivity index (χ0v) is 13.5. The van der Waals surface area contributed by atoms with Gasteiger partial charge in [-0.1, -0.05) is 26.2 Å². The molecule has 1 fully saturated rings. The Morgan fingerprint density at radius 2 is 1.95 bits per heavy atom. The molecule has 5 nitrogen and oxygen atoms in total. The van der Waals surface area contributed by atoms with Crippen molar-refractivity contribution in [1.82, 2.24) is 19.3 Å². The molecule has 0 spiro atoms. The van der Waals surface area contributed by atoms with E-state index in [0.29, 0.717) is 12.0 Å². The second kappa shape index (κ2) is 5.70. The van der Waals surface area contributed by atoms with Crippen LogP contribution < -0.4 is 5.73 Å². The molecular formula is C16H27N5. The largest absolute Gasteiger partial charge is 0.369 e. The standard InChI is InChI=1S/C16H27N5/c1-4-13(12-9-7-6-8-10-12)21-15-14(18-16(21)17)11(3)19-20(15)5-2/h12-13H,4-10H2,1-3H3,(H2,17,18). The first-order chi connectivity index (χ1) is 10.2. The monoisotopic (exact) mass is 289 g/mol. The molecule has 1 aliphatic carbocycles. The highest BCUT2D eigenvalue weighted by molar-refractivity contribution is 5.77. The van der Waals surface area contributed by atoms with Crippen molar-refractivity contribution in [2.24, 2.45) is 5.92 Å². The summed E-state index contributed by atoms with van der Waals surface area (Å²) < 4.78 is 4.33. The van der Waals surface area contributed by atoms with E-state index < -0.39 is 0 Å². The van der Waals surface area contributed by atoms with Gasteiger partial charge in [0, 0.05) is 12.6 Å². The summed E-state index contributed by atoms with van der Waals surface area (Å²) in [6.07, 6.45) is 7.83. The van der Waals surface area contributed by atoms with Gasteiger partial charge in [0.2, 0.25) is 5.95 Å². The SMILES string of the molecule is CCC(C1CCCCC1)n1c(N)nc2c(C)nn(CC)c21. The molecule has 1 unspecified atom stereocenters. The predicted molar refractivity (Wildman–Crippen MR) is 86.2 cm³/mol. The van der Waals surface area contributed by atoms with Crippen LogP contribution >= 0.6 is 0 Å². The van der Waals surface area contributed by atoms with E-state index >= 15 is 0 Å². The van der Waals surface area contributed by atoms with Crippen molar-refractivity contribution in [2.75, 3.05) is 5.73 Å². The van der Waals surface area contributed by atoms with Gasteiger partial charge in [0.1, 0.15) is 5.52 Å². The Labute approximate surface area is 126 Å². The van der Waals surface area contributed by atoms with E-state index in [1.807, 2.05) is 6.92 Å². The van der Waals surface area contributed by atoms with Gasteiger partial charge in [0.15, 0.2) is 5.65 Å².